The molecule has 7 heteroatoms. The number of benzene rings is 3. The van der Waals surface area contributed by atoms with Crippen LogP contribution < -0.4 is 4.74 Å². The highest BCUT2D eigenvalue weighted by molar-refractivity contribution is 9.10. The maximum atomic E-state index is 10.7. The van der Waals surface area contributed by atoms with E-state index in [0.717, 1.165) is 26.9 Å². The van der Waals surface area contributed by atoms with Crippen molar-refractivity contribution in [3.8, 4) is 5.75 Å². The third-order valence-electron chi connectivity index (χ3n) is 4.10. The lowest BCUT2D eigenvalue weighted by Gasteiger charge is -2.10. The topological polar surface area (TPSA) is 64.7 Å². The Balaban J connectivity index is 1.79. The van der Waals surface area contributed by atoms with Crippen molar-refractivity contribution in [2.45, 2.75) is 13.5 Å². The minimum absolute atomic E-state index is 0.0529. The van der Waals surface area contributed by atoms with Crippen molar-refractivity contribution in [1.82, 2.24) is 0 Å². The monoisotopic (exact) mass is 458 g/mol. The first kappa shape index (κ1) is 20.0. The van der Waals surface area contributed by atoms with Gasteiger partial charge in [0.05, 0.1) is 10.6 Å². The molecule has 0 amide bonds. The van der Waals surface area contributed by atoms with Crippen LogP contribution in [0.4, 0.5) is 11.4 Å². The fourth-order valence-corrected chi connectivity index (χ4v) is 3.05. The summed E-state index contributed by atoms with van der Waals surface area (Å²) in [5, 5.41) is 11.4. The molecule has 0 fully saturated rings. The lowest BCUT2D eigenvalue weighted by Crippen LogP contribution is -1.99. The normalized spacial score (nSPS) is 11.0. The highest BCUT2D eigenvalue weighted by Crippen LogP contribution is 2.27. The van der Waals surface area contributed by atoms with E-state index in [1.165, 1.54) is 12.1 Å². The number of non-ortho nitro benzene ring substituents is 1. The molecule has 3 aromatic carbocycles. The average Bonchev–Trinajstić information content (AvgIpc) is 2.68. The van der Waals surface area contributed by atoms with Crippen LogP contribution in [-0.4, -0.2) is 11.1 Å². The Bertz CT molecular complexity index is 1040. The summed E-state index contributed by atoms with van der Waals surface area (Å²) in [6.45, 7) is 2.21. The summed E-state index contributed by atoms with van der Waals surface area (Å²) in [6, 6.07) is 17.5. The molecule has 28 heavy (non-hydrogen) atoms. The van der Waals surface area contributed by atoms with Gasteiger partial charge in [0.25, 0.3) is 5.69 Å². The summed E-state index contributed by atoms with van der Waals surface area (Å²) in [5.74, 6) is 0.657. The predicted octanol–water partition coefficient (Wildman–Crippen LogP) is 6.65. The van der Waals surface area contributed by atoms with Crippen LogP contribution in [0.5, 0.6) is 5.75 Å². The molecule has 0 N–H and O–H groups in total. The van der Waals surface area contributed by atoms with Crippen molar-refractivity contribution < 1.29 is 9.66 Å². The van der Waals surface area contributed by atoms with Crippen molar-refractivity contribution in [3.05, 3.63) is 97.0 Å². The fourth-order valence-electron chi connectivity index (χ4n) is 2.50. The Morgan fingerprint density at radius 3 is 2.64 bits per heavy atom. The van der Waals surface area contributed by atoms with Gasteiger partial charge in [0.2, 0.25) is 0 Å². The molecule has 0 atom stereocenters. The molecule has 0 aliphatic carbocycles. The van der Waals surface area contributed by atoms with Gasteiger partial charge in [-0.15, -0.1) is 0 Å². The van der Waals surface area contributed by atoms with Crippen LogP contribution >= 0.6 is 27.5 Å². The Hall–Kier alpha value is -2.70. The Labute approximate surface area is 175 Å². The number of ether oxygens (including phenoxy) is 1. The molecular formula is C21H16BrClN2O3. The molecule has 3 rings (SSSR count). The minimum atomic E-state index is -0.425. The maximum absolute atomic E-state index is 10.7. The number of nitrogens with zero attached hydrogens (tertiary/aromatic N) is 2. The Morgan fingerprint density at radius 1 is 1.18 bits per heavy atom. The molecule has 0 aliphatic heterocycles. The quantitative estimate of drug-likeness (QED) is 0.235. The minimum Gasteiger partial charge on any atom is -0.488 e. The smallest absolute Gasteiger partial charge is 0.269 e. The number of nitro benzene ring substituents is 1. The molecule has 0 aliphatic rings. The molecule has 0 bridgehead atoms. The SMILES string of the molecule is Cc1c(Cl)cccc1N=Cc1cc(Br)ccc1OCc1ccc([N+](=O)[O-])cc1. The highest BCUT2D eigenvalue weighted by atomic mass is 79.9. The van der Waals surface area contributed by atoms with Gasteiger partial charge in [-0.1, -0.05) is 33.6 Å². The number of rotatable bonds is 6. The number of hydrogen-bond donors (Lipinski definition) is 0. The Kier molecular flexibility index (Phi) is 6.44. The summed E-state index contributed by atoms with van der Waals surface area (Å²) in [7, 11) is 0. The number of halogens is 2. The van der Waals surface area contributed by atoms with E-state index in [1.807, 2.05) is 43.3 Å². The van der Waals surface area contributed by atoms with Crippen molar-refractivity contribution >= 4 is 45.1 Å². The second-order valence-corrected chi connectivity index (χ2v) is 7.36. The van der Waals surface area contributed by atoms with E-state index in [4.69, 9.17) is 16.3 Å². The fraction of sp³-hybridized carbons (Fsp3) is 0.0952. The second-order valence-electron chi connectivity index (χ2n) is 6.04. The van der Waals surface area contributed by atoms with Gasteiger partial charge in [0.1, 0.15) is 12.4 Å². The van der Waals surface area contributed by atoms with Crippen LogP contribution in [0.25, 0.3) is 0 Å². The second kappa shape index (κ2) is 8.99. The van der Waals surface area contributed by atoms with Gasteiger partial charge < -0.3 is 4.74 Å². The molecule has 0 saturated heterocycles. The molecule has 0 aromatic heterocycles. The molecule has 0 heterocycles. The van der Waals surface area contributed by atoms with Gasteiger partial charge in [-0.3, -0.25) is 15.1 Å². The number of hydrogen-bond acceptors (Lipinski definition) is 4. The molecular weight excluding hydrogens is 444 g/mol. The molecule has 0 radical (unpaired) electrons. The summed E-state index contributed by atoms with van der Waals surface area (Å²) < 4.78 is 6.82. The van der Waals surface area contributed by atoms with Crippen LogP contribution in [0, 0.1) is 17.0 Å². The molecule has 5 nitrogen and oxygen atoms in total. The summed E-state index contributed by atoms with van der Waals surface area (Å²) in [4.78, 5) is 14.9. The van der Waals surface area contributed by atoms with Crippen LogP contribution in [0.3, 0.4) is 0 Å². The van der Waals surface area contributed by atoms with Crippen LogP contribution in [0.1, 0.15) is 16.7 Å². The molecule has 0 spiro atoms. The van der Waals surface area contributed by atoms with Crippen molar-refractivity contribution in [1.29, 1.82) is 0 Å². The highest BCUT2D eigenvalue weighted by Gasteiger charge is 2.07. The molecule has 3 aromatic rings. The van der Waals surface area contributed by atoms with Gasteiger partial charge in [0, 0.05) is 33.4 Å². The zero-order valence-corrected chi connectivity index (χ0v) is 17.3. The summed E-state index contributed by atoms with van der Waals surface area (Å²) in [5.41, 5.74) is 3.38. The molecule has 0 saturated carbocycles. The number of aliphatic imine (C=N–C) groups is 1. The lowest BCUT2D eigenvalue weighted by atomic mass is 10.2. The predicted molar refractivity (Wildman–Crippen MR) is 115 cm³/mol. The molecule has 142 valence electrons. The van der Waals surface area contributed by atoms with E-state index in [-0.39, 0.29) is 12.3 Å². The first-order valence-corrected chi connectivity index (χ1v) is 9.56. The third kappa shape index (κ3) is 4.97. The average molecular weight is 460 g/mol. The van der Waals surface area contributed by atoms with Gasteiger partial charge in [-0.05, 0) is 60.5 Å². The van der Waals surface area contributed by atoms with E-state index in [2.05, 4.69) is 20.9 Å². The van der Waals surface area contributed by atoms with Gasteiger partial charge in [-0.25, -0.2) is 0 Å². The zero-order valence-electron chi connectivity index (χ0n) is 14.9. The standard InChI is InChI=1S/C21H16BrClN2O3/c1-14-19(23)3-2-4-20(14)24-12-16-11-17(22)7-10-21(16)28-13-15-5-8-18(9-6-15)25(26)27/h2-12H,13H2,1H3. The van der Waals surface area contributed by atoms with E-state index in [9.17, 15) is 10.1 Å². The number of nitro groups is 1. The maximum Gasteiger partial charge on any atom is 0.269 e. The third-order valence-corrected chi connectivity index (χ3v) is 5.00. The van der Waals surface area contributed by atoms with Crippen molar-refractivity contribution in [3.63, 3.8) is 0 Å². The van der Waals surface area contributed by atoms with Gasteiger partial charge in [-0.2, -0.15) is 0 Å². The zero-order chi connectivity index (χ0) is 20.1. The van der Waals surface area contributed by atoms with Crippen molar-refractivity contribution in [2.24, 2.45) is 4.99 Å². The summed E-state index contributed by atoms with van der Waals surface area (Å²) >= 11 is 9.62. The van der Waals surface area contributed by atoms with Gasteiger partial charge in [0.15, 0.2) is 0 Å². The first-order valence-electron chi connectivity index (χ1n) is 8.39. The van der Waals surface area contributed by atoms with E-state index in [0.29, 0.717) is 10.8 Å². The van der Waals surface area contributed by atoms with E-state index < -0.39 is 4.92 Å². The van der Waals surface area contributed by atoms with Crippen molar-refractivity contribution in [2.75, 3.05) is 0 Å². The van der Waals surface area contributed by atoms with Gasteiger partial charge >= 0.3 is 0 Å². The Morgan fingerprint density at radius 2 is 1.93 bits per heavy atom. The van der Waals surface area contributed by atoms with Crippen LogP contribution in [-0.2, 0) is 6.61 Å². The van der Waals surface area contributed by atoms with E-state index >= 15 is 0 Å². The lowest BCUT2D eigenvalue weighted by molar-refractivity contribution is -0.384. The van der Waals surface area contributed by atoms with E-state index in [1.54, 1.807) is 18.3 Å². The summed E-state index contributed by atoms with van der Waals surface area (Å²) in [6.07, 6.45) is 1.73. The molecule has 0 unspecified atom stereocenters. The van der Waals surface area contributed by atoms with Crippen LogP contribution in [0.15, 0.2) is 70.1 Å². The largest absolute Gasteiger partial charge is 0.488 e. The van der Waals surface area contributed by atoms with Crippen LogP contribution in [0.2, 0.25) is 5.02 Å². The first-order chi connectivity index (χ1) is 13.4.